The lowest BCUT2D eigenvalue weighted by Crippen LogP contribution is -2.41. The van der Waals surface area contributed by atoms with Crippen molar-refractivity contribution in [2.24, 2.45) is 5.92 Å². The zero-order valence-electron chi connectivity index (χ0n) is 11.9. The van der Waals surface area contributed by atoms with E-state index in [9.17, 15) is 0 Å². The van der Waals surface area contributed by atoms with Crippen LogP contribution in [0.15, 0.2) is 0 Å². The summed E-state index contributed by atoms with van der Waals surface area (Å²) in [5.41, 5.74) is 0. The Morgan fingerprint density at radius 3 is 2.53 bits per heavy atom. The molecule has 2 aliphatic carbocycles. The molecule has 0 aliphatic heterocycles. The van der Waals surface area contributed by atoms with Crippen LogP contribution < -0.4 is 5.32 Å². The minimum absolute atomic E-state index is 0.727. The van der Waals surface area contributed by atoms with Crippen molar-refractivity contribution in [3.8, 4) is 0 Å². The SMILES string of the molecule is CCCNC1CCC(N(CC2CC2)C(C)C)C1. The zero-order chi connectivity index (χ0) is 12.3. The second kappa shape index (κ2) is 6.19. The van der Waals surface area contributed by atoms with Crippen LogP contribution in [0.25, 0.3) is 0 Å². The van der Waals surface area contributed by atoms with E-state index in [1.54, 1.807) is 0 Å². The molecule has 0 aromatic carbocycles. The van der Waals surface area contributed by atoms with Crippen molar-refractivity contribution < 1.29 is 0 Å². The fourth-order valence-corrected chi connectivity index (χ4v) is 3.17. The van der Waals surface area contributed by atoms with Gasteiger partial charge in [-0.2, -0.15) is 0 Å². The van der Waals surface area contributed by atoms with Crippen LogP contribution in [0, 0.1) is 5.92 Å². The Labute approximate surface area is 107 Å². The van der Waals surface area contributed by atoms with Crippen LogP contribution in [0.5, 0.6) is 0 Å². The van der Waals surface area contributed by atoms with E-state index in [-0.39, 0.29) is 0 Å². The summed E-state index contributed by atoms with van der Waals surface area (Å²) in [6.07, 6.45) is 8.40. The van der Waals surface area contributed by atoms with Crippen LogP contribution in [0.4, 0.5) is 0 Å². The highest BCUT2D eigenvalue weighted by molar-refractivity contribution is 4.90. The van der Waals surface area contributed by atoms with Crippen LogP contribution in [0.1, 0.15) is 59.3 Å². The molecule has 0 heterocycles. The van der Waals surface area contributed by atoms with E-state index in [2.05, 4.69) is 31.0 Å². The number of nitrogens with one attached hydrogen (secondary N) is 1. The van der Waals surface area contributed by atoms with Crippen molar-refractivity contribution in [3.05, 3.63) is 0 Å². The van der Waals surface area contributed by atoms with Crippen LogP contribution in [-0.4, -0.2) is 36.1 Å². The van der Waals surface area contributed by atoms with E-state index < -0.39 is 0 Å². The first kappa shape index (κ1) is 13.4. The van der Waals surface area contributed by atoms with Gasteiger partial charge < -0.3 is 5.32 Å². The standard InChI is InChI=1S/C15H30N2/c1-4-9-16-14-7-8-15(10-14)17(12(2)3)11-13-5-6-13/h12-16H,4-11H2,1-3H3. The highest BCUT2D eigenvalue weighted by Gasteiger charge is 2.33. The predicted molar refractivity (Wildman–Crippen MR) is 74.3 cm³/mol. The molecule has 0 saturated heterocycles. The monoisotopic (exact) mass is 238 g/mol. The molecule has 2 heteroatoms. The maximum Gasteiger partial charge on any atom is 0.0113 e. The van der Waals surface area contributed by atoms with Gasteiger partial charge in [-0.3, -0.25) is 4.90 Å². The highest BCUT2D eigenvalue weighted by atomic mass is 15.2. The molecule has 2 aliphatic rings. The molecule has 2 unspecified atom stereocenters. The van der Waals surface area contributed by atoms with Gasteiger partial charge in [0, 0.05) is 24.7 Å². The maximum absolute atomic E-state index is 3.70. The minimum atomic E-state index is 0.727. The molecule has 100 valence electrons. The Kier molecular flexibility index (Phi) is 4.87. The molecule has 0 radical (unpaired) electrons. The molecule has 2 atom stereocenters. The molecule has 17 heavy (non-hydrogen) atoms. The fraction of sp³-hybridized carbons (Fsp3) is 1.00. The molecule has 0 aromatic heterocycles. The minimum Gasteiger partial charge on any atom is -0.314 e. The molecule has 2 rings (SSSR count). The molecule has 0 aromatic rings. The zero-order valence-corrected chi connectivity index (χ0v) is 11.9. The molecular formula is C15H30N2. The summed E-state index contributed by atoms with van der Waals surface area (Å²) in [7, 11) is 0. The first-order chi connectivity index (χ1) is 8.20. The van der Waals surface area contributed by atoms with E-state index >= 15 is 0 Å². The molecule has 2 fully saturated rings. The molecule has 2 saturated carbocycles. The summed E-state index contributed by atoms with van der Waals surface area (Å²) < 4.78 is 0. The Morgan fingerprint density at radius 2 is 1.94 bits per heavy atom. The third kappa shape index (κ3) is 3.96. The molecular weight excluding hydrogens is 208 g/mol. The van der Waals surface area contributed by atoms with Gasteiger partial charge in [0.25, 0.3) is 0 Å². The fourth-order valence-electron chi connectivity index (χ4n) is 3.17. The van der Waals surface area contributed by atoms with Gasteiger partial charge in [0.15, 0.2) is 0 Å². The second-order valence-corrected chi connectivity index (χ2v) is 6.35. The van der Waals surface area contributed by atoms with E-state index in [1.165, 1.54) is 51.6 Å². The summed E-state index contributed by atoms with van der Waals surface area (Å²) in [5, 5.41) is 3.70. The van der Waals surface area contributed by atoms with Gasteiger partial charge >= 0.3 is 0 Å². The van der Waals surface area contributed by atoms with Crippen molar-refractivity contribution in [1.29, 1.82) is 0 Å². The molecule has 2 nitrogen and oxygen atoms in total. The molecule has 0 amide bonds. The summed E-state index contributed by atoms with van der Waals surface area (Å²) in [6, 6.07) is 2.37. The lowest BCUT2D eigenvalue weighted by molar-refractivity contribution is 0.146. The summed E-state index contributed by atoms with van der Waals surface area (Å²) >= 11 is 0. The number of hydrogen-bond donors (Lipinski definition) is 1. The van der Waals surface area contributed by atoms with E-state index in [1.807, 2.05) is 0 Å². The Bertz CT molecular complexity index is 223. The first-order valence-corrected chi connectivity index (χ1v) is 7.69. The number of rotatable bonds is 7. The number of nitrogens with zero attached hydrogens (tertiary/aromatic N) is 1. The summed E-state index contributed by atoms with van der Waals surface area (Å²) in [6.45, 7) is 9.56. The Balaban J connectivity index is 1.78. The van der Waals surface area contributed by atoms with Crippen molar-refractivity contribution >= 4 is 0 Å². The van der Waals surface area contributed by atoms with Gasteiger partial charge in [-0.05, 0) is 64.8 Å². The quantitative estimate of drug-likeness (QED) is 0.733. The van der Waals surface area contributed by atoms with Crippen molar-refractivity contribution in [1.82, 2.24) is 10.2 Å². The smallest absolute Gasteiger partial charge is 0.0113 e. The van der Waals surface area contributed by atoms with Gasteiger partial charge in [0.2, 0.25) is 0 Å². The largest absolute Gasteiger partial charge is 0.314 e. The lowest BCUT2D eigenvalue weighted by Gasteiger charge is -2.33. The van der Waals surface area contributed by atoms with Gasteiger partial charge in [-0.25, -0.2) is 0 Å². The predicted octanol–water partition coefficient (Wildman–Crippen LogP) is 3.03. The molecule has 1 N–H and O–H groups in total. The Hall–Kier alpha value is -0.0800. The van der Waals surface area contributed by atoms with E-state index in [0.29, 0.717) is 0 Å². The van der Waals surface area contributed by atoms with Crippen molar-refractivity contribution in [2.75, 3.05) is 13.1 Å². The maximum atomic E-state index is 3.70. The van der Waals surface area contributed by atoms with Gasteiger partial charge in [0.05, 0.1) is 0 Å². The average molecular weight is 238 g/mol. The number of hydrogen-bond acceptors (Lipinski definition) is 2. The van der Waals surface area contributed by atoms with Crippen LogP contribution >= 0.6 is 0 Å². The summed E-state index contributed by atoms with van der Waals surface area (Å²) in [5.74, 6) is 1.03. The lowest BCUT2D eigenvalue weighted by atomic mass is 10.1. The van der Waals surface area contributed by atoms with Crippen molar-refractivity contribution in [3.63, 3.8) is 0 Å². The first-order valence-electron chi connectivity index (χ1n) is 7.69. The molecule has 0 spiro atoms. The average Bonchev–Trinajstić information content (AvgIpc) is 3.01. The van der Waals surface area contributed by atoms with Crippen molar-refractivity contribution in [2.45, 2.75) is 77.4 Å². The Morgan fingerprint density at radius 1 is 1.18 bits per heavy atom. The van der Waals surface area contributed by atoms with Crippen LogP contribution in [-0.2, 0) is 0 Å². The topological polar surface area (TPSA) is 15.3 Å². The molecule has 0 bridgehead atoms. The van der Waals surface area contributed by atoms with Gasteiger partial charge in [-0.1, -0.05) is 6.92 Å². The van der Waals surface area contributed by atoms with Crippen LogP contribution in [0.3, 0.4) is 0 Å². The summed E-state index contributed by atoms with van der Waals surface area (Å²) in [4.78, 5) is 2.78. The van der Waals surface area contributed by atoms with Crippen LogP contribution in [0.2, 0.25) is 0 Å². The highest BCUT2D eigenvalue weighted by Crippen LogP contribution is 2.34. The third-order valence-electron chi connectivity index (χ3n) is 4.39. The van der Waals surface area contributed by atoms with Gasteiger partial charge in [0.1, 0.15) is 0 Å². The van der Waals surface area contributed by atoms with Gasteiger partial charge in [-0.15, -0.1) is 0 Å². The normalized spacial score (nSPS) is 29.5. The third-order valence-corrected chi connectivity index (χ3v) is 4.39. The van der Waals surface area contributed by atoms with E-state index in [0.717, 1.165) is 24.0 Å². The van der Waals surface area contributed by atoms with E-state index in [4.69, 9.17) is 0 Å². The second-order valence-electron chi connectivity index (χ2n) is 6.35.